The lowest BCUT2D eigenvalue weighted by Crippen LogP contribution is -2.19. The van der Waals surface area contributed by atoms with Gasteiger partial charge in [0, 0.05) is 29.7 Å². The minimum Gasteiger partial charge on any atom is -0.391 e. The molecule has 0 N–H and O–H groups in total. The first kappa shape index (κ1) is 20.8. The fourth-order valence-corrected chi connectivity index (χ4v) is 3.44. The summed E-state index contributed by atoms with van der Waals surface area (Å²) in [4.78, 5) is 36.8. The molecular formula is C19H18N4O7. The van der Waals surface area contributed by atoms with Crippen LogP contribution in [0, 0.1) is 30.3 Å². The van der Waals surface area contributed by atoms with Gasteiger partial charge in [0.2, 0.25) is 0 Å². The summed E-state index contributed by atoms with van der Waals surface area (Å²) < 4.78 is 0. The van der Waals surface area contributed by atoms with Crippen LogP contribution in [-0.2, 0) is 11.4 Å². The zero-order valence-corrected chi connectivity index (χ0v) is 15.8. The van der Waals surface area contributed by atoms with Crippen LogP contribution in [0.2, 0.25) is 0 Å². The van der Waals surface area contributed by atoms with Crippen molar-refractivity contribution in [3.8, 4) is 0 Å². The molecule has 0 aliphatic heterocycles. The molecule has 3 rings (SSSR count). The molecule has 0 saturated heterocycles. The van der Waals surface area contributed by atoms with E-state index in [9.17, 15) is 30.3 Å². The third-order valence-corrected chi connectivity index (χ3v) is 4.94. The van der Waals surface area contributed by atoms with Gasteiger partial charge in [-0.15, -0.1) is 0 Å². The number of oxime groups is 1. The van der Waals surface area contributed by atoms with Crippen molar-refractivity contribution >= 4 is 22.8 Å². The van der Waals surface area contributed by atoms with Gasteiger partial charge >= 0.3 is 0 Å². The van der Waals surface area contributed by atoms with Crippen molar-refractivity contribution in [2.24, 2.45) is 5.16 Å². The van der Waals surface area contributed by atoms with E-state index >= 15 is 0 Å². The Morgan fingerprint density at radius 2 is 1.57 bits per heavy atom. The summed E-state index contributed by atoms with van der Waals surface area (Å²) in [6, 6.07) is 9.52. The summed E-state index contributed by atoms with van der Waals surface area (Å²) >= 11 is 0. The molecule has 1 aliphatic rings. The van der Waals surface area contributed by atoms with Gasteiger partial charge in [-0.25, -0.2) is 0 Å². The maximum Gasteiger partial charge on any atom is 0.280 e. The molecule has 0 heterocycles. The van der Waals surface area contributed by atoms with Gasteiger partial charge in [-0.1, -0.05) is 11.6 Å². The highest BCUT2D eigenvalue weighted by Gasteiger charge is 2.30. The molecule has 2 aromatic rings. The monoisotopic (exact) mass is 414 g/mol. The molecule has 11 nitrogen and oxygen atoms in total. The summed E-state index contributed by atoms with van der Waals surface area (Å²) in [5.74, 6) is -0.364. The largest absolute Gasteiger partial charge is 0.391 e. The van der Waals surface area contributed by atoms with E-state index in [0.29, 0.717) is 29.7 Å². The fourth-order valence-electron chi connectivity index (χ4n) is 3.44. The van der Waals surface area contributed by atoms with Crippen LogP contribution in [0.15, 0.2) is 47.6 Å². The van der Waals surface area contributed by atoms with E-state index in [0.717, 1.165) is 18.9 Å². The van der Waals surface area contributed by atoms with Crippen molar-refractivity contribution in [2.75, 3.05) is 0 Å². The van der Waals surface area contributed by atoms with Crippen LogP contribution in [0.1, 0.15) is 42.7 Å². The van der Waals surface area contributed by atoms with Crippen molar-refractivity contribution in [2.45, 2.75) is 38.2 Å². The lowest BCUT2D eigenvalue weighted by Gasteiger charge is -2.23. The summed E-state index contributed by atoms with van der Waals surface area (Å²) in [5.41, 5.74) is 1.04. The number of non-ortho nitro benzene ring substituents is 2. The van der Waals surface area contributed by atoms with Crippen molar-refractivity contribution in [1.29, 1.82) is 0 Å². The number of nitrogens with zero attached hydrogens (tertiary/aromatic N) is 4. The van der Waals surface area contributed by atoms with Crippen LogP contribution in [0.25, 0.3) is 0 Å². The predicted molar refractivity (Wildman–Crippen MR) is 106 cm³/mol. The number of nitro benzene ring substituents is 3. The standard InChI is InChI=1S/C19H18N4O7/c24-21(25)14-7-5-13(6-8-14)12-30-20-18-4-2-1-3-16(18)17-10-9-15(22(26)27)11-19(17)23(28)29/h5-11,16H,1-4,12H2/b20-18-/t16-/m0/s1. The molecule has 2 aromatic carbocycles. The minimum atomic E-state index is -0.667. The molecule has 11 heteroatoms. The van der Waals surface area contributed by atoms with Crippen LogP contribution < -0.4 is 0 Å². The predicted octanol–water partition coefficient (Wildman–Crippen LogP) is 4.64. The second kappa shape index (κ2) is 9.07. The first-order valence-corrected chi connectivity index (χ1v) is 9.21. The zero-order chi connectivity index (χ0) is 21.7. The van der Waals surface area contributed by atoms with Crippen molar-refractivity contribution in [3.63, 3.8) is 0 Å². The molecular weight excluding hydrogens is 396 g/mol. The highest BCUT2D eigenvalue weighted by molar-refractivity contribution is 5.92. The maximum atomic E-state index is 11.5. The topological polar surface area (TPSA) is 151 Å². The lowest BCUT2D eigenvalue weighted by molar-refractivity contribution is -0.394. The summed E-state index contributed by atoms with van der Waals surface area (Å²) in [6.07, 6.45) is 2.93. The fraction of sp³-hybridized carbons (Fsp3) is 0.316. The quantitative estimate of drug-likeness (QED) is 0.472. The van der Waals surface area contributed by atoms with Crippen molar-refractivity contribution in [1.82, 2.24) is 0 Å². The molecule has 156 valence electrons. The molecule has 0 spiro atoms. The Balaban J connectivity index is 1.80. The highest BCUT2D eigenvalue weighted by atomic mass is 16.6. The zero-order valence-electron chi connectivity index (χ0n) is 15.8. The number of rotatable bonds is 7. The van der Waals surface area contributed by atoms with E-state index in [1.54, 1.807) is 12.1 Å². The van der Waals surface area contributed by atoms with Crippen LogP contribution in [0.4, 0.5) is 17.1 Å². The smallest absolute Gasteiger partial charge is 0.280 e. The van der Waals surface area contributed by atoms with Gasteiger partial charge in [-0.2, -0.15) is 0 Å². The minimum absolute atomic E-state index is 0.0251. The van der Waals surface area contributed by atoms with E-state index in [-0.39, 0.29) is 29.6 Å². The first-order chi connectivity index (χ1) is 14.4. The van der Waals surface area contributed by atoms with Crippen molar-refractivity contribution < 1.29 is 19.6 Å². The van der Waals surface area contributed by atoms with Crippen LogP contribution in [-0.4, -0.2) is 20.5 Å². The van der Waals surface area contributed by atoms with Crippen LogP contribution >= 0.6 is 0 Å². The van der Waals surface area contributed by atoms with Gasteiger partial charge in [0.05, 0.1) is 26.5 Å². The van der Waals surface area contributed by atoms with Gasteiger partial charge < -0.3 is 4.84 Å². The van der Waals surface area contributed by atoms with E-state index < -0.39 is 14.8 Å². The summed E-state index contributed by atoms with van der Waals surface area (Å²) in [5, 5.41) is 37.3. The van der Waals surface area contributed by atoms with Crippen LogP contribution in [0.3, 0.4) is 0 Å². The number of hydrogen-bond donors (Lipinski definition) is 0. The Morgan fingerprint density at radius 3 is 2.20 bits per heavy atom. The third-order valence-electron chi connectivity index (χ3n) is 4.94. The Labute approximate surface area is 170 Å². The van der Waals surface area contributed by atoms with Gasteiger partial charge in [0.1, 0.15) is 6.61 Å². The number of hydrogen-bond acceptors (Lipinski definition) is 8. The van der Waals surface area contributed by atoms with E-state index in [4.69, 9.17) is 4.84 Å². The Kier molecular flexibility index (Phi) is 6.30. The molecule has 1 aliphatic carbocycles. The molecule has 0 aromatic heterocycles. The normalized spacial score (nSPS) is 17.5. The van der Waals surface area contributed by atoms with E-state index in [1.165, 1.54) is 24.3 Å². The Bertz CT molecular complexity index is 1000. The van der Waals surface area contributed by atoms with Gasteiger partial charge in [0.15, 0.2) is 0 Å². The highest BCUT2D eigenvalue weighted by Crippen LogP contribution is 2.37. The molecule has 1 atom stereocenters. The number of benzene rings is 2. The lowest BCUT2D eigenvalue weighted by atomic mass is 9.81. The Morgan fingerprint density at radius 1 is 0.900 bits per heavy atom. The second-order valence-corrected chi connectivity index (χ2v) is 6.84. The van der Waals surface area contributed by atoms with E-state index in [1.807, 2.05) is 0 Å². The Hall–Kier alpha value is -3.89. The van der Waals surface area contributed by atoms with Gasteiger partial charge in [-0.05, 0) is 43.0 Å². The maximum absolute atomic E-state index is 11.5. The first-order valence-electron chi connectivity index (χ1n) is 9.21. The average Bonchev–Trinajstić information content (AvgIpc) is 2.74. The number of nitro groups is 3. The summed E-state index contributed by atoms with van der Waals surface area (Å²) in [6.45, 7) is 0.0938. The summed E-state index contributed by atoms with van der Waals surface area (Å²) in [7, 11) is 0. The molecule has 1 saturated carbocycles. The average molecular weight is 414 g/mol. The van der Waals surface area contributed by atoms with Crippen LogP contribution in [0.5, 0.6) is 0 Å². The SMILES string of the molecule is O=[N+]([O-])c1ccc(CO/N=C2/CCCC[C@H]2c2ccc([N+](=O)[O-])cc2[N+](=O)[O-])cc1. The molecule has 30 heavy (non-hydrogen) atoms. The molecule has 0 amide bonds. The molecule has 1 fully saturated rings. The molecule has 0 unspecified atom stereocenters. The van der Waals surface area contributed by atoms with Gasteiger partial charge in [0.25, 0.3) is 17.1 Å². The molecule has 0 radical (unpaired) electrons. The van der Waals surface area contributed by atoms with Crippen molar-refractivity contribution in [3.05, 3.63) is 83.9 Å². The molecule has 0 bridgehead atoms. The van der Waals surface area contributed by atoms with Gasteiger partial charge in [-0.3, -0.25) is 30.3 Å². The van der Waals surface area contributed by atoms with E-state index in [2.05, 4.69) is 5.16 Å². The third kappa shape index (κ3) is 4.74. The second-order valence-electron chi connectivity index (χ2n) is 6.84.